The third-order valence-corrected chi connectivity index (χ3v) is 2.45. The fourth-order valence-corrected chi connectivity index (χ4v) is 1.77. The summed E-state index contributed by atoms with van der Waals surface area (Å²) in [6, 6.07) is 0. The second-order valence-electron chi connectivity index (χ2n) is 2.04. The number of halogens is 5. The third-order valence-electron chi connectivity index (χ3n) is 1.10. The van der Waals surface area contributed by atoms with Crippen LogP contribution >= 0.6 is 38.5 Å². The molecule has 3 nitrogen and oxygen atoms in total. The molecule has 13 heavy (non-hydrogen) atoms. The predicted octanol–water partition coefficient (Wildman–Crippen LogP) is 2.44. The molecule has 0 aromatic carbocycles. The number of nitrogens with zero attached hydrogens (tertiary/aromatic N) is 2. The molecule has 0 radical (unpaired) electrons. The Bertz CT molecular complexity index is 341. The van der Waals surface area contributed by atoms with Crippen LogP contribution in [0.5, 0.6) is 0 Å². The summed E-state index contributed by atoms with van der Waals surface area (Å²) in [6.45, 7) is 0. The summed E-state index contributed by atoms with van der Waals surface area (Å²) >= 11 is 4.36. The Balaban J connectivity index is 3.32. The minimum Gasteiger partial charge on any atom is -0.381 e. The fourth-order valence-electron chi connectivity index (χ4n) is 0.589. The fraction of sp³-hybridized carbons (Fsp3) is 0.200. The quantitative estimate of drug-likeness (QED) is 0.716. The molecule has 1 aromatic rings. The summed E-state index contributed by atoms with van der Waals surface area (Å²) in [7, 11) is 0. The highest BCUT2D eigenvalue weighted by molar-refractivity contribution is 14.1. The largest absolute Gasteiger partial charge is 0.436 e. The number of hydrogen-bond acceptors (Lipinski definition) is 3. The Hall–Kier alpha value is -0.120. The van der Waals surface area contributed by atoms with E-state index in [2.05, 4.69) is 25.9 Å². The lowest BCUT2D eigenvalue weighted by Gasteiger charge is -2.08. The highest BCUT2D eigenvalue weighted by Crippen LogP contribution is 2.33. The second kappa shape index (κ2) is 3.56. The lowest BCUT2D eigenvalue weighted by Crippen LogP contribution is -2.13. The summed E-state index contributed by atoms with van der Waals surface area (Å²) in [5.74, 6) is -0.226. The number of anilines is 1. The molecular weight excluding hydrogens is 366 g/mol. The van der Waals surface area contributed by atoms with Crippen LogP contribution < -0.4 is 5.73 Å². The molecule has 0 aliphatic rings. The number of rotatable bonds is 0. The van der Waals surface area contributed by atoms with Crippen LogP contribution in [0.4, 0.5) is 19.0 Å². The maximum absolute atomic E-state index is 12.2. The molecule has 2 N–H and O–H groups in total. The molecular formula is C5H2BrF3IN3. The standard InChI is InChI=1S/C5H2BrF3IN3/c6-2-1(5(7,8)9)12-4(11)3(10)13-2/h(H2,11,12). The summed E-state index contributed by atoms with van der Waals surface area (Å²) in [4.78, 5) is 6.71. The van der Waals surface area contributed by atoms with Crippen molar-refractivity contribution >= 4 is 44.3 Å². The van der Waals surface area contributed by atoms with Crippen LogP contribution in [-0.2, 0) is 6.18 Å². The Morgan fingerprint density at radius 2 is 1.85 bits per heavy atom. The highest BCUT2D eigenvalue weighted by Gasteiger charge is 2.36. The Labute approximate surface area is 93.2 Å². The van der Waals surface area contributed by atoms with Crippen molar-refractivity contribution in [2.24, 2.45) is 0 Å². The van der Waals surface area contributed by atoms with E-state index in [-0.39, 0.29) is 14.1 Å². The van der Waals surface area contributed by atoms with Gasteiger partial charge in [-0.2, -0.15) is 13.2 Å². The molecule has 1 aromatic heterocycles. The third kappa shape index (κ3) is 2.42. The molecule has 72 valence electrons. The van der Waals surface area contributed by atoms with Gasteiger partial charge in [0.05, 0.1) is 0 Å². The van der Waals surface area contributed by atoms with E-state index in [0.29, 0.717) is 0 Å². The Morgan fingerprint density at radius 1 is 1.31 bits per heavy atom. The first-order chi connectivity index (χ1) is 5.82. The average Bonchev–Trinajstić information content (AvgIpc) is 1.94. The monoisotopic (exact) mass is 367 g/mol. The van der Waals surface area contributed by atoms with Gasteiger partial charge >= 0.3 is 6.18 Å². The first kappa shape index (κ1) is 11.0. The maximum atomic E-state index is 12.2. The maximum Gasteiger partial charge on any atom is 0.436 e. The zero-order valence-corrected chi connectivity index (χ0v) is 9.61. The second-order valence-corrected chi connectivity index (χ2v) is 3.81. The molecule has 0 aliphatic heterocycles. The van der Waals surface area contributed by atoms with Crippen LogP contribution in [0.1, 0.15) is 5.69 Å². The molecule has 0 saturated carbocycles. The van der Waals surface area contributed by atoms with Crippen molar-refractivity contribution in [2.75, 3.05) is 5.73 Å². The molecule has 0 fully saturated rings. The highest BCUT2D eigenvalue weighted by atomic mass is 127. The van der Waals surface area contributed by atoms with Gasteiger partial charge in [-0.25, -0.2) is 9.97 Å². The Kier molecular flexibility index (Phi) is 3.00. The predicted molar refractivity (Wildman–Crippen MR) is 51.9 cm³/mol. The molecule has 0 spiro atoms. The SMILES string of the molecule is Nc1nc(C(F)(F)F)c(Br)nc1I. The van der Waals surface area contributed by atoms with Gasteiger partial charge in [0.25, 0.3) is 0 Å². The number of nitrogen functional groups attached to an aromatic ring is 1. The van der Waals surface area contributed by atoms with Gasteiger partial charge in [-0.15, -0.1) is 0 Å². The summed E-state index contributed by atoms with van der Waals surface area (Å²) in [6.07, 6.45) is -4.54. The van der Waals surface area contributed by atoms with Crippen molar-refractivity contribution in [3.8, 4) is 0 Å². The van der Waals surface area contributed by atoms with E-state index in [1.54, 1.807) is 22.6 Å². The van der Waals surface area contributed by atoms with Crippen LogP contribution in [0.2, 0.25) is 0 Å². The number of nitrogens with two attached hydrogens (primary N) is 1. The number of hydrogen-bond donors (Lipinski definition) is 1. The first-order valence-corrected chi connectivity index (χ1v) is 4.75. The first-order valence-electron chi connectivity index (χ1n) is 2.88. The lowest BCUT2D eigenvalue weighted by atomic mass is 10.4. The normalized spacial score (nSPS) is 11.8. The van der Waals surface area contributed by atoms with Crippen LogP contribution in [-0.4, -0.2) is 9.97 Å². The summed E-state index contributed by atoms with van der Waals surface area (Å²) < 4.78 is 36.4. The van der Waals surface area contributed by atoms with E-state index >= 15 is 0 Å². The van der Waals surface area contributed by atoms with Crippen LogP contribution in [0.25, 0.3) is 0 Å². The van der Waals surface area contributed by atoms with Gasteiger partial charge < -0.3 is 5.73 Å². The molecule has 1 heterocycles. The van der Waals surface area contributed by atoms with Gasteiger partial charge in [-0.1, -0.05) is 0 Å². The van der Waals surface area contributed by atoms with E-state index < -0.39 is 11.9 Å². The molecule has 0 saturated heterocycles. The zero-order chi connectivity index (χ0) is 10.2. The van der Waals surface area contributed by atoms with Crippen LogP contribution in [0.15, 0.2) is 4.60 Å². The molecule has 1 rings (SSSR count). The van der Waals surface area contributed by atoms with Gasteiger partial charge in [-0.3, -0.25) is 0 Å². The van der Waals surface area contributed by atoms with Crippen molar-refractivity contribution in [3.05, 3.63) is 14.0 Å². The zero-order valence-electron chi connectivity index (χ0n) is 5.86. The van der Waals surface area contributed by atoms with Crippen molar-refractivity contribution in [3.63, 3.8) is 0 Å². The van der Waals surface area contributed by atoms with Crippen LogP contribution in [0, 0.1) is 3.70 Å². The van der Waals surface area contributed by atoms with E-state index in [1.807, 2.05) is 0 Å². The van der Waals surface area contributed by atoms with Gasteiger partial charge in [-0.05, 0) is 38.5 Å². The van der Waals surface area contributed by atoms with Crippen molar-refractivity contribution < 1.29 is 13.2 Å². The van der Waals surface area contributed by atoms with E-state index in [0.717, 1.165) is 0 Å². The number of alkyl halides is 3. The van der Waals surface area contributed by atoms with E-state index in [4.69, 9.17) is 5.73 Å². The van der Waals surface area contributed by atoms with Crippen molar-refractivity contribution in [1.29, 1.82) is 0 Å². The topological polar surface area (TPSA) is 51.8 Å². The molecule has 8 heteroatoms. The van der Waals surface area contributed by atoms with Gasteiger partial charge in [0.2, 0.25) is 0 Å². The minimum absolute atomic E-state index is 0.226. The van der Waals surface area contributed by atoms with Crippen LogP contribution in [0.3, 0.4) is 0 Å². The van der Waals surface area contributed by atoms with Crippen molar-refractivity contribution in [2.45, 2.75) is 6.18 Å². The number of aromatic nitrogens is 2. The van der Waals surface area contributed by atoms with Gasteiger partial charge in [0, 0.05) is 0 Å². The van der Waals surface area contributed by atoms with Gasteiger partial charge in [0.15, 0.2) is 11.5 Å². The minimum atomic E-state index is -4.54. The summed E-state index contributed by atoms with van der Waals surface area (Å²) in [5.41, 5.74) is 4.08. The van der Waals surface area contributed by atoms with E-state index in [9.17, 15) is 13.2 Å². The Morgan fingerprint density at radius 3 is 2.31 bits per heavy atom. The molecule has 0 amide bonds. The molecule has 0 bridgehead atoms. The molecule has 0 atom stereocenters. The van der Waals surface area contributed by atoms with E-state index in [1.165, 1.54) is 0 Å². The average molecular weight is 368 g/mol. The molecule has 0 aliphatic carbocycles. The van der Waals surface area contributed by atoms with Gasteiger partial charge in [0.1, 0.15) is 8.30 Å². The van der Waals surface area contributed by atoms with Crippen molar-refractivity contribution in [1.82, 2.24) is 9.97 Å². The summed E-state index contributed by atoms with van der Waals surface area (Å²) in [5, 5.41) is 0. The molecule has 0 unspecified atom stereocenters. The lowest BCUT2D eigenvalue weighted by molar-refractivity contribution is -0.142. The smallest absolute Gasteiger partial charge is 0.381 e.